The van der Waals surface area contributed by atoms with E-state index < -0.39 is 5.97 Å². The smallest absolute Gasteiger partial charge is 0.345 e. The minimum Gasteiger partial charge on any atom is -0.496 e. The highest BCUT2D eigenvalue weighted by atomic mass is 32.1. The molecular formula is C15H17NO3S. The zero-order valence-corrected chi connectivity index (χ0v) is 12.5. The summed E-state index contributed by atoms with van der Waals surface area (Å²) in [6, 6.07) is 7.61. The molecule has 20 heavy (non-hydrogen) atoms. The van der Waals surface area contributed by atoms with Crippen LogP contribution in [0.3, 0.4) is 0 Å². The molecule has 2 aromatic rings. The van der Waals surface area contributed by atoms with E-state index in [0.29, 0.717) is 11.4 Å². The first-order valence-electron chi connectivity index (χ1n) is 6.22. The Morgan fingerprint density at radius 2 is 2.10 bits per heavy atom. The largest absolute Gasteiger partial charge is 0.496 e. The van der Waals surface area contributed by atoms with E-state index in [1.165, 1.54) is 11.3 Å². The molecule has 0 fully saturated rings. The van der Waals surface area contributed by atoms with Crippen molar-refractivity contribution >= 4 is 23.0 Å². The highest BCUT2D eigenvalue weighted by Crippen LogP contribution is 2.24. The summed E-state index contributed by atoms with van der Waals surface area (Å²) in [5.41, 5.74) is 3.07. The van der Waals surface area contributed by atoms with Crippen LogP contribution in [0.25, 0.3) is 0 Å². The Morgan fingerprint density at radius 3 is 2.65 bits per heavy atom. The molecule has 0 unspecified atom stereocenters. The predicted octanol–water partition coefficient (Wildman–Crippen LogP) is 3.68. The number of carboxylic acid groups (broad SMARTS) is 1. The number of methoxy groups -OCH3 is 1. The van der Waals surface area contributed by atoms with Crippen LogP contribution in [0.15, 0.2) is 24.3 Å². The van der Waals surface area contributed by atoms with Crippen molar-refractivity contribution in [3.63, 3.8) is 0 Å². The second-order valence-electron chi connectivity index (χ2n) is 4.54. The summed E-state index contributed by atoms with van der Waals surface area (Å²) in [4.78, 5) is 12.3. The second-order valence-corrected chi connectivity index (χ2v) is 5.79. The monoisotopic (exact) mass is 291 g/mol. The van der Waals surface area contributed by atoms with Gasteiger partial charge in [0.15, 0.2) is 0 Å². The molecule has 0 atom stereocenters. The van der Waals surface area contributed by atoms with Crippen molar-refractivity contribution in [2.75, 3.05) is 12.4 Å². The van der Waals surface area contributed by atoms with Gasteiger partial charge >= 0.3 is 5.97 Å². The van der Waals surface area contributed by atoms with Crippen LogP contribution in [0.5, 0.6) is 5.75 Å². The molecule has 1 heterocycles. The van der Waals surface area contributed by atoms with Crippen molar-refractivity contribution in [1.29, 1.82) is 0 Å². The standard InChI is InChI=1S/C15H17NO3S/c1-9-6-12(4-5-13(9)19-3)16-8-11-7-14(15(17)18)20-10(11)2/h4-7,16H,8H2,1-3H3,(H,17,18). The first-order chi connectivity index (χ1) is 9.51. The van der Waals surface area contributed by atoms with Crippen molar-refractivity contribution in [1.82, 2.24) is 0 Å². The molecule has 4 nitrogen and oxygen atoms in total. The highest BCUT2D eigenvalue weighted by molar-refractivity contribution is 7.14. The second kappa shape index (κ2) is 5.96. The van der Waals surface area contributed by atoms with Gasteiger partial charge in [0.25, 0.3) is 0 Å². The van der Waals surface area contributed by atoms with E-state index in [1.54, 1.807) is 13.2 Å². The number of hydrogen-bond acceptors (Lipinski definition) is 4. The molecule has 1 aromatic heterocycles. The number of ether oxygens (including phenoxy) is 1. The summed E-state index contributed by atoms with van der Waals surface area (Å²) in [7, 11) is 1.65. The van der Waals surface area contributed by atoms with Gasteiger partial charge < -0.3 is 15.2 Å². The van der Waals surface area contributed by atoms with E-state index in [9.17, 15) is 4.79 Å². The van der Waals surface area contributed by atoms with Crippen molar-refractivity contribution < 1.29 is 14.6 Å². The fourth-order valence-electron chi connectivity index (χ4n) is 1.99. The molecule has 106 valence electrons. The minimum atomic E-state index is -0.871. The first kappa shape index (κ1) is 14.4. The molecule has 0 saturated heterocycles. The number of aromatic carboxylic acids is 1. The predicted molar refractivity (Wildman–Crippen MR) is 81.1 cm³/mol. The third-order valence-electron chi connectivity index (χ3n) is 3.11. The average molecular weight is 291 g/mol. The number of carboxylic acids is 1. The van der Waals surface area contributed by atoms with Crippen molar-refractivity contribution in [3.8, 4) is 5.75 Å². The lowest BCUT2D eigenvalue weighted by atomic mass is 10.2. The zero-order valence-electron chi connectivity index (χ0n) is 11.7. The summed E-state index contributed by atoms with van der Waals surface area (Å²) >= 11 is 1.31. The number of rotatable bonds is 5. The normalized spacial score (nSPS) is 10.3. The van der Waals surface area contributed by atoms with Crippen LogP contribution >= 0.6 is 11.3 Å². The van der Waals surface area contributed by atoms with Crippen molar-refractivity contribution in [2.24, 2.45) is 0 Å². The molecule has 2 N–H and O–H groups in total. The maximum Gasteiger partial charge on any atom is 0.345 e. The van der Waals surface area contributed by atoms with E-state index in [2.05, 4.69) is 5.32 Å². The van der Waals surface area contributed by atoms with Gasteiger partial charge in [-0.3, -0.25) is 0 Å². The quantitative estimate of drug-likeness (QED) is 0.882. The topological polar surface area (TPSA) is 58.6 Å². The summed E-state index contributed by atoms with van der Waals surface area (Å²) < 4.78 is 5.22. The number of nitrogens with one attached hydrogen (secondary N) is 1. The Morgan fingerprint density at radius 1 is 1.35 bits per heavy atom. The molecule has 0 bridgehead atoms. The minimum absolute atomic E-state index is 0.380. The van der Waals surface area contributed by atoms with E-state index in [0.717, 1.165) is 27.4 Å². The Balaban J connectivity index is 2.08. The molecule has 0 amide bonds. The van der Waals surface area contributed by atoms with E-state index in [-0.39, 0.29) is 0 Å². The number of anilines is 1. The summed E-state index contributed by atoms with van der Waals surface area (Å²) in [6.45, 7) is 4.54. The summed E-state index contributed by atoms with van der Waals surface area (Å²) in [5.74, 6) is -0.0138. The highest BCUT2D eigenvalue weighted by Gasteiger charge is 2.10. The number of thiophene rings is 1. The molecule has 0 spiro atoms. The van der Waals surface area contributed by atoms with Gasteiger partial charge in [-0.1, -0.05) is 0 Å². The van der Waals surface area contributed by atoms with Crippen molar-refractivity contribution in [3.05, 3.63) is 45.1 Å². The van der Waals surface area contributed by atoms with Crippen LogP contribution in [0.4, 0.5) is 5.69 Å². The Kier molecular flexibility index (Phi) is 4.29. The fourth-order valence-corrected chi connectivity index (χ4v) is 2.87. The van der Waals surface area contributed by atoms with Crippen LogP contribution in [0, 0.1) is 13.8 Å². The van der Waals surface area contributed by atoms with Crippen LogP contribution in [-0.2, 0) is 6.54 Å². The van der Waals surface area contributed by atoms with Gasteiger partial charge in [0.2, 0.25) is 0 Å². The summed E-state index contributed by atoms with van der Waals surface area (Å²) in [5, 5.41) is 12.3. The molecular weight excluding hydrogens is 274 g/mol. The van der Waals surface area contributed by atoms with E-state index in [4.69, 9.17) is 9.84 Å². The lowest BCUT2D eigenvalue weighted by Gasteiger charge is -2.09. The first-order valence-corrected chi connectivity index (χ1v) is 7.04. The maximum absolute atomic E-state index is 10.9. The van der Waals surface area contributed by atoms with E-state index in [1.807, 2.05) is 32.0 Å². The number of carbonyl (C=O) groups is 1. The third kappa shape index (κ3) is 3.11. The van der Waals surface area contributed by atoms with Crippen LogP contribution in [0.1, 0.15) is 25.7 Å². The lowest BCUT2D eigenvalue weighted by molar-refractivity contribution is 0.0702. The maximum atomic E-state index is 10.9. The van der Waals surface area contributed by atoms with Crippen LogP contribution in [-0.4, -0.2) is 18.2 Å². The number of hydrogen-bond donors (Lipinski definition) is 2. The Bertz CT molecular complexity index is 634. The number of aryl methyl sites for hydroxylation is 2. The SMILES string of the molecule is COc1ccc(NCc2cc(C(=O)O)sc2C)cc1C. The number of benzene rings is 1. The average Bonchev–Trinajstić information content (AvgIpc) is 2.78. The van der Waals surface area contributed by atoms with Crippen LogP contribution < -0.4 is 10.1 Å². The molecule has 5 heteroatoms. The van der Waals surface area contributed by atoms with Crippen LogP contribution in [0.2, 0.25) is 0 Å². The van der Waals surface area contributed by atoms with Gasteiger partial charge in [0.1, 0.15) is 10.6 Å². The molecule has 0 saturated carbocycles. The Hall–Kier alpha value is -2.01. The molecule has 0 aliphatic heterocycles. The lowest BCUT2D eigenvalue weighted by Crippen LogP contribution is -2.00. The molecule has 0 aliphatic rings. The van der Waals surface area contributed by atoms with Gasteiger partial charge in [0, 0.05) is 17.1 Å². The van der Waals surface area contributed by atoms with Gasteiger partial charge in [-0.2, -0.15) is 0 Å². The fraction of sp³-hybridized carbons (Fsp3) is 0.267. The van der Waals surface area contributed by atoms with Gasteiger partial charge in [-0.25, -0.2) is 4.79 Å². The zero-order chi connectivity index (χ0) is 14.7. The third-order valence-corrected chi connectivity index (χ3v) is 4.19. The molecule has 0 radical (unpaired) electrons. The van der Waals surface area contributed by atoms with Gasteiger partial charge in [-0.05, 0) is 49.2 Å². The Labute approximate surface area is 122 Å². The molecule has 2 rings (SSSR count). The van der Waals surface area contributed by atoms with E-state index >= 15 is 0 Å². The van der Waals surface area contributed by atoms with Gasteiger partial charge in [-0.15, -0.1) is 11.3 Å². The van der Waals surface area contributed by atoms with Gasteiger partial charge in [0.05, 0.1) is 7.11 Å². The molecule has 0 aliphatic carbocycles. The summed E-state index contributed by atoms with van der Waals surface area (Å²) in [6.07, 6.45) is 0. The molecule has 1 aromatic carbocycles. The van der Waals surface area contributed by atoms with Crippen molar-refractivity contribution in [2.45, 2.75) is 20.4 Å².